The second kappa shape index (κ2) is 6.79. The molecule has 0 radical (unpaired) electrons. The Morgan fingerprint density at radius 1 is 1.57 bits per heavy atom. The quantitative estimate of drug-likeness (QED) is 0.568. The Balaban J connectivity index is 4.03. The highest BCUT2D eigenvalue weighted by atomic mass is 16.5. The first-order valence-corrected chi connectivity index (χ1v) is 5.10. The molecular weight excluding hydrogens is 180 g/mol. The summed E-state index contributed by atoms with van der Waals surface area (Å²) in [6, 6.07) is 0. The molecule has 0 fully saturated rings. The van der Waals surface area contributed by atoms with Crippen LogP contribution in [0.15, 0.2) is 0 Å². The van der Waals surface area contributed by atoms with Gasteiger partial charge >= 0.3 is 0 Å². The first-order valence-electron chi connectivity index (χ1n) is 5.10. The number of nitrogens with two attached hydrogens (primary N) is 1. The summed E-state index contributed by atoms with van der Waals surface area (Å²) >= 11 is 0. The van der Waals surface area contributed by atoms with E-state index >= 15 is 0 Å². The van der Waals surface area contributed by atoms with E-state index in [2.05, 4.69) is 12.2 Å². The second-order valence-electron chi connectivity index (χ2n) is 3.72. The van der Waals surface area contributed by atoms with E-state index in [4.69, 9.17) is 10.5 Å². The summed E-state index contributed by atoms with van der Waals surface area (Å²) in [5, 5.41) is 3.17. The molecule has 0 aliphatic heterocycles. The number of carbonyl (C=O) groups excluding carboxylic acids is 1. The molecule has 0 saturated carbocycles. The average molecular weight is 202 g/mol. The maximum absolute atomic E-state index is 11.2. The number of hydrogen-bond donors (Lipinski definition) is 2. The van der Waals surface area contributed by atoms with Crippen molar-refractivity contribution < 1.29 is 9.53 Å². The molecule has 4 nitrogen and oxygen atoms in total. The summed E-state index contributed by atoms with van der Waals surface area (Å²) in [6.07, 6.45) is 2.55. The monoisotopic (exact) mass is 202 g/mol. The summed E-state index contributed by atoms with van der Waals surface area (Å²) in [4.78, 5) is 11.2. The van der Waals surface area contributed by atoms with Gasteiger partial charge in [-0.25, -0.2) is 0 Å². The van der Waals surface area contributed by atoms with Gasteiger partial charge < -0.3 is 15.8 Å². The smallest absolute Gasteiger partial charge is 0.237 e. The van der Waals surface area contributed by atoms with Crippen molar-refractivity contribution in [3.05, 3.63) is 0 Å². The highest BCUT2D eigenvalue weighted by Gasteiger charge is 2.29. The number of hydrogen-bond acceptors (Lipinski definition) is 3. The molecule has 4 heteroatoms. The van der Waals surface area contributed by atoms with Crippen LogP contribution >= 0.6 is 0 Å². The molecule has 0 saturated heterocycles. The van der Waals surface area contributed by atoms with Crippen molar-refractivity contribution in [1.82, 2.24) is 5.32 Å². The Bertz CT molecular complexity index is 174. The molecule has 0 aromatic heterocycles. The van der Waals surface area contributed by atoms with Crippen LogP contribution in [0.1, 0.15) is 33.1 Å². The predicted octanol–water partition coefficient (Wildman–Crippen LogP) is 0.657. The number of methoxy groups -OCH3 is 1. The van der Waals surface area contributed by atoms with Crippen LogP contribution in [0, 0.1) is 0 Å². The highest BCUT2D eigenvalue weighted by Crippen LogP contribution is 2.11. The standard InChI is InChI=1S/C10H22N2O2/c1-4-7-12-10(2,9(11)13)6-5-8-14-3/h12H,4-8H2,1-3H3,(H2,11,13). The fraction of sp³-hybridized carbons (Fsp3) is 0.900. The zero-order chi connectivity index (χ0) is 11.0. The van der Waals surface area contributed by atoms with Gasteiger partial charge in [0.15, 0.2) is 0 Å². The fourth-order valence-electron chi connectivity index (χ4n) is 1.27. The first kappa shape index (κ1) is 13.4. The van der Waals surface area contributed by atoms with Gasteiger partial charge in [-0.15, -0.1) is 0 Å². The molecular formula is C10H22N2O2. The number of primary amides is 1. The molecule has 1 unspecified atom stereocenters. The summed E-state index contributed by atoms with van der Waals surface area (Å²) in [5.41, 5.74) is 4.76. The van der Waals surface area contributed by atoms with Gasteiger partial charge in [-0.3, -0.25) is 4.79 Å². The van der Waals surface area contributed by atoms with Gasteiger partial charge in [0, 0.05) is 13.7 Å². The Morgan fingerprint density at radius 3 is 2.64 bits per heavy atom. The largest absolute Gasteiger partial charge is 0.385 e. The van der Waals surface area contributed by atoms with Crippen molar-refractivity contribution in [3.63, 3.8) is 0 Å². The number of amides is 1. The first-order chi connectivity index (χ1) is 6.56. The molecule has 14 heavy (non-hydrogen) atoms. The molecule has 84 valence electrons. The van der Waals surface area contributed by atoms with E-state index in [1.54, 1.807) is 7.11 Å². The minimum Gasteiger partial charge on any atom is -0.385 e. The maximum Gasteiger partial charge on any atom is 0.237 e. The second-order valence-corrected chi connectivity index (χ2v) is 3.72. The SMILES string of the molecule is CCCNC(C)(CCCOC)C(N)=O. The normalized spacial score (nSPS) is 15.1. The molecule has 0 spiro atoms. The summed E-state index contributed by atoms with van der Waals surface area (Å²) in [6.45, 7) is 5.38. The van der Waals surface area contributed by atoms with Crippen molar-refractivity contribution in [2.75, 3.05) is 20.3 Å². The molecule has 1 amide bonds. The van der Waals surface area contributed by atoms with Gasteiger partial charge in [-0.1, -0.05) is 6.92 Å². The summed E-state index contributed by atoms with van der Waals surface area (Å²) in [7, 11) is 1.65. The third-order valence-corrected chi connectivity index (χ3v) is 2.33. The topological polar surface area (TPSA) is 64.3 Å². The van der Waals surface area contributed by atoms with Gasteiger partial charge in [0.05, 0.1) is 5.54 Å². The van der Waals surface area contributed by atoms with Crippen LogP contribution in [0.5, 0.6) is 0 Å². The van der Waals surface area contributed by atoms with E-state index in [0.29, 0.717) is 6.61 Å². The molecule has 0 heterocycles. The van der Waals surface area contributed by atoms with E-state index in [0.717, 1.165) is 25.8 Å². The van der Waals surface area contributed by atoms with Crippen molar-refractivity contribution >= 4 is 5.91 Å². The summed E-state index contributed by atoms with van der Waals surface area (Å²) in [5.74, 6) is -0.290. The lowest BCUT2D eigenvalue weighted by molar-refractivity contribution is -0.124. The van der Waals surface area contributed by atoms with E-state index in [-0.39, 0.29) is 5.91 Å². The molecule has 0 bridgehead atoms. The van der Waals surface area contributed by atoms with Gasteiger partial charge in [0.1, 0.15) is 0 Å². The van der Waals surface area contributed by atoms with Crippen molar-refractivity contribution in [2.24, 2.45) is 5.73 Å². The van der Waals surface area contributed by atoms with Gasteiger partial charge in [-0.2, -0.15) is 0 Å². The lowest BCUT2D eigenvalue weighted by atomic mass is 9.95. The van der Waals surface area contributed by atoms with Crippen molar-refractivity contribution in [3.8, 4) is 0 Å². The molecule has 0 aliphatic carbocycles. The van der Waals surface area contributed by atoms with Crippen LogP contribution in [0.2, 0.25) is 0 Å². The van der Waals surface area contributed by atoms with Gasteiger partial charge in [-0.05, 0) is 32.7 Å². The molecule has 1 atom stereocenters. The van der Waals surface area contributed by atoms with Crippen molar-refractivity contribution in [1.29, 1.82) is 0 Å². The minimum atomic E-state index is -0.589. The number of carbonyl (C=O) groups is 1. The Hall–Kier alpha value is -0.610. The average Bonchev–Trinajstić information content (AvgIpc) is 2.15. The Labute approximate surface area is 86.2 Å². The molecule has 0 rings (SSSR count). The molecule has 0 aliphatic rings. The van der Waals surface area contributed by atoms with Crippen LogP contribution < -0.4 is 11.1 Å². The van der Waals surface area contributed by atoms with Gasteiger partial charge in [0.25, 0.3) is 0 Å². The van der Waals surface area contributed by atoms with E-state index in [1.165, 1.54) is 0 Å². The fourth-order valence-corrected chi connectivity index (χ4v) is 1.27. The molecule has 0 aromatic carbocycles. The third kappa shape index (κ3) is 4.58. The Kier molecular flexibility index (Phi) is 6.49. The van der Waals surface area contributed by atoms with Crippen molar-refractivity contribution in [2.45, 2.75) is 38.6 Å². The lowest BCUT2D eigenvalue weighted by Crippen LogP contribution is -2.53. The predicted molar refractivity (Wildman–Crippen MR) is 57.0 cm³/mol. The van der Waals surface area contributed by atoms with Crippen LogP contribution in [0.25, 0.3) is 0 Å². The van der Waals surface area contributed by atoms with E-state index in [9.17, 15) is 4.79 Å². The van der Waals surface area contributed by atoms with Crippen LogP contribution in [-0.4, -0.2) is 31.7 Å². The van der Waals surface area contributed by atoms with Crippen LogP contribution in [0.4, 0.5) is 0 Å². The zero-order valence-corrected chi connectivity index (χ0v) is 9.43. The summed E-state index contributed by atoms with van der Waals surface area (Å²) < 4.78 is 4.94. The van der Waals surface area contributed by atoms with Crippen LogP contribution in [-0.2, 0) is 9.53 Å². The minimum absolute atomic E-state index is 0.290. The highest BCUT2D eigenvalue weighted by molar-refractivity contribution is 5.84. The molecule has 3 N–H and O–H groups in total. The van der Waals surface area contributed by atoms with E-state index < -0.39 is 5.54 Å². The zero-order valence-electron chi connectivity index (χ0n) is 9.43. The van der Waals surface area contributed by atoms with E-state index in [1.807, 2.05) is 6.92 Å². The number of nitrogens with one attached hydrogen (secondary N) is 1. The lowest BCUT2D eigenvalue weighted by Gasteiger charge is -2.27. The number of rotatable bonds is 8. The van der Waals surface area contributed by atoms with Gasteiger partial charge in [0.2, 0.25) is 5.91 Å². The number of ether oxygens (including phenoxy) is 1. The molecule has 0 aromatic rings. The maximum atomic E-state index is 11.2. The van der Waals surface area contributed by atoms with Crippen LogP contribution in [0.3, 0.4) is 0 Å². The third-order valence-electron chi connectivity index (χ3n) is 2.33. The Morgan fingerprint density at radius 2 is 2.21 bits per heavy atom.